The van der Waals surface area contributed by atoms with Gasteiger partial charge in [-0.15, -0.1) is 0 Å². The molecule has 1 fully saturated rings. The van der Waals surface area contributed by atoms with E-state index in [0.29, 0.717) is 54.2 Å². The van der Waals surface area contributed by atoms with Gasteiger partial charge in [0.1, 0.15) is 11.3 Å². The molecule has 2 aromatic rings. The minimum Gasteiger partial charge on any atom is -0.376 e. The van der Waals surface area contributed by atoms with Gasteiger partial charge >= 0.3 is 0 Å². The Hall–Kier alpha value is -2.22. The third kappa shape index (κ3) is 4.94. The molecule has 0 bridgehead atoms. The Morgan fingerprint density at radius 1 is 1.30 bits per heavy atom. The van der Waals surface area contributed by atoms with Crippen molar-refractivity contribution in [1.82, 2.24) is 20.2 Å². The Morgan fingerprint density at radius 2 is 2.11 bits per heavy atom. The molecule has 3 rings (SSSR count). The van der Waals surface area contributed by atoms with Crippen molar-refractivity contribution in [3.05, 3.63) is 28.7 Å². The summed E-state index contributed by atoms with van der Waals surface area (Å²) in [6, 6.07) is 0. The standard InChI is InChI=1S/C19H28N4O4/c1-12(2)10-17-20-16(22-27-17)7-9-25-15-6-5-8-23(11-15)19(24)18-13(3)21-26-14(18)4/h12,15H,5-11H2,1-4H3. The number of ether oxygens (including phenoxy) is 1. The third-order valence-corrected chi connectivity index (χ3v) is 4.68. The Bertz CT molecular complexity index is 748. The summed E-state index contributed by atoms with van der Waals surface area (Å²) < 4.78 is 16.3. The van der Waals surface area contributed by atoms with E-state index in [1.54, 1.807) is 13.8 Å². The molecule has 8 heteroatoms. The van der Waals surface area contributed by atoms with E-state index in [9.17, 15) is 4.79 Å². The minimum absolute atomic E-state index is 0.0187. The van der Waals surface area contributed by atoms with E-state index in [0.717, 1.165) is 25.8 Å². The van der Waals surface area contributed by atoms with E-state index in [-0.39, 0.29) is 12.0 Å². The summed E-state index contributed by atoms with van der Waals surface area (Å²) in [6.07, 6.45) is 3.27. The number of amides is 1. The van der Waals surface area contributed by atoms with Crippen LogP contribution in [0.2, 0.25) is 0 Å². The first kappa shape index (κ1) is 19.5. The van der Waals surface area contributed by atoms with E-state index >= 15 is 0 Å². The predicted molar refractivity (Wildman–Crippen MR) is 97.4 cm³/mol. The van der Waals surface area contributed by atoms with Gasteiger partial charge in [0.15, 0.2) is 5.82 Å². The lowest BCUT2D eigenvalue weighted by atomic mass is 10.1. The third-order valence-electron chi connectivity index (χ3n) is 4.68. The second-order valence-corrected chi connectivity index (χ2v) is 7.54. The zero-order valence-electron chi connectivity index (χ0n) is 16.5. The van der Waals surface area contributed by atoms with Crippen molar-refractivity contribution < 1.29 is 18.6 Å². The molecule has 1 saturated heterocycles. The molecule has 0 saturated carbocycles. The maximum Gasteiger partial charge on any atom is 0.259 e. The summed E-state index contributed by atoms with van der Waals surface area (Å²) in [5.74, 6) is 2.36. The van der Waals surface area contributed by atoms with Crippen LogP contribution in [-0.2, 0) is 17.6 Å². The van der Waals surface area contributed by atoms with Gasteiger partial charge in [-0.05, 0) is 32.6 Å². The first-order valence-corrected chi connectivity index (χ1v) is 9.59. The second-order valence-electron chi connectivity index (χ2n) is 7.54. The summed E-state index contributed by atoms with van der Waals surface area (Å²) in [5.41, 5.74) is 1.20. The van der Waals surface area contributed by atoms with Gasteiger partial charge in [-0.25, -0.2) is 0 Å². The van der Waals surface area contributed by atoms with E-state index < -0.39 is 0 Å². The molecular formula is C19H28N4O4. The molecule has 1 aliphatic rings. The Kier molecular flexibility index (Phi) is 6.26. The molecule has 0 aliphatic carbocycles. The van der Waals surface area contributed by atoms with Crippen molar-refractivity contribution in [2.45, 2.75) is 59.5 Å². The molecule has 0 aromatic carbocycles. The van der Waals surface area contributed by atoms with Gasteiger partial charge in [-0.1, -0.05) is 24.2 Å². The van der Waals surface area contributed by atoms with Gasteiger partial charge in [0.05, 0.1) is 18.4 Å². The van der Waals surface area contributed by atoms with Crippen LogP contribution in [0.5, 0.6) is 0 Å². The fraction of sp³-hybridized carbons (Fsp3) is 0.684. The molecule has 8 nitrogen and oxygen atoms in total. The highest BCUT2D eigenvalue weighted by Gasteiger charge is 2.28. The molecule has 1 amide bonds. The smallest absolute Gasteiger partial charge is 0.259 e. The highest BCUT2D eigenvalue weighted by atomic mass is 16.5. The summed E-state index contributed by atoms with van der Waals surface area (Å²) in [6.45, 7) is 9.61. The van der Waals surface area contributed by atoms with Gasteiger partial charge in [0, 0.05) is 25.9 Å². The molecule has 148 valence electrons. The number of aromatic nitrogens is 3. The fourth-order valence-electron chi connectivity index (χ4n) is 3.35. The lowest BCUT2D eigenvalue weighted by molar-refractivity contribution is 0.00243. The summed E-state index contributed by atoms with van der Waals surface area (Å²) >= 11 is 0. The van der Waals surface area contributed by atoms with Gasteiger partial charge in [0.2, 0.25) is 5.89 Å². The molecule has 0 N–H and O–H groups in total. The van der Waals surface area contributed by atoms with Crippen molar-refractivity contribution in [1.29, 1.82) is 0 Å². The molecule has 0 spiro atoms. The molecule has 1 aliphatic heterocycles. The highest BCUT2D eigenvalue weighted by molar-refractivity contribution is 5.96. The Labute approximate surface area is 159 Å². The summed E-state index contributed by atoms with van der Waals surface area (Å²) in [5, 5.41) is 7.88. The molecule has 2 aromatic heterocycles. The number of aryl methyl sites for hydroxylation is 2. The second kappa shape index (κ2) is 8.65. The van der Waals surface area contributed by atoms with Crippen LogP contribution >= 0.6 is 0 Å². The van der Waals surface area contributed by atoms with Crippen molar-refractivity contribution in [2.75, 3.05) is 19.7 Å². The number of hydrogen-bond acceptors (Lipinski definition) is 7. The highest BCUT2D eigenvalue weighted by Crippen LogP contribution is 2.20. The summed E-state index contributed by atoms with van der Waals surface area (Å²) in [7, 11) is 0. The normalized spacial score (nSPS) is 17.7. The van der Waals surface area contributed by atoms with E-state index in [4.69, 9.17) is 13.8 Å². The van der Waals surface area contributed by atoms with Gasteiger partial charge in [-0.2, -0.15) is 4.98 Å². The quantitative estimate of drug-likeness (QED) is 0.733. The average Bonchev–Trinajstić information content (AvgIpc) is 3.20. The van der Waals surface area contributed by atoms with Crippen LogP contribution in [0, 0.1) is 19.8 Å². The van der Waals surface area contributed by atoms with Crippen LogP contribution in [0.1, 0.15) is 60.2 Å². The van der Waals surface area contributed by atoms with Crippen molar-refractivity contribution in [3.63, 3.8) is 0 Å². The van der Waals surface area contributed by atoms with Crippen LogP contribution in [-0.4, -0.2) is 51.9 Å². The number of rotatable bonds is 7. The maximum atomic E-state index is 12.8. The number of carbonyl (C=O) groups excluding carboxylic acids is 1. The zero-order chi connectivity index (χ0) is 19.4. The summed E-state index contributed by atoms with van der Waals surface area (Å²) in [4.78, 5) is 19.0. The van der Waals surface area contributed by atoms with E-state index in [2.05, 4.69) is 29.1 Å². The lowest BCUT2D eigenvalue weighted by Gasteiger charge is -2.32. The predicted octanol–water partition coefficient (Wildman–Crippen LogP) is 2.74. The number of hydrogen-bond donors (Lipinski definition) is 0. The maximum absolute atomic E-state index is 12.8. The van der Waals surface area contributed by atoms with E-state index in [1.165, 1.54) is 0 Å². The largest absolute Gasteiger partial charge is 0.376 e. The molecule has 27 heavy (non-hydrogen) atoms. The molecular weight excluding hydrogens is 348 g/mol. The Balaban J connectivity index is 1.48. The average molecular weight is 376 g/mol. The molecule has 3 heterocycles. The van der Waals surface area contributed by atoms with Crippen molar-refractivity contribution in [2.24, 2.45) is 5.92 Å². The van der Waals surface area contributed by atoms with Crippen LogP contribution in [0.15, 0.2) is 9.05 Å². The number of likely N-dealkylation sites (tertiary alicyclic amines) is 1. The van der Waals surface area contributed by atoms with Crippen LogP contribution in [0.3, 0.4) is 0 Å². The molecule has 1 atom stereocenters. The van der Waals surface area contributed by atoms with E-state index in [1.807, 2.05) is 4.90 Å². The number of piperidine rings is 1. The van der Waals surface area contributed by atoms with Crippen LogP contribution in [0.4, 0.5) is 0 Å². The molecule has 1 unspecified atom stereocenters. The fourth-order valence-corrected chi connectivity index (χ4v) is 3.35. The van der Waals surface area contributed by atoms with Gasteiger partial charge in [0.25, 0.3) is 5.91 Å². The van der Waals surface area contributed by atoms with Gasteiger partial charge < -0.3 is 18.7 Å². The van der Waals surface area contributed by atoms with Crippen LogP contribution < -0.4 is 0 Å². The number of nitrogens with zero attached hydrogens (tertiary/aromatic N) is 4. The monoisotopic (exact) mass is 376 g/mol. The number of carbonyl (C=O) groups is 1. The van der Waals surface area contributed by atoms with Crippen molar-refractivity contribution >= 4 is 5.91 Å². The minimum atomic E-state index is -0.0314. The topological polar surface area (TPSA) is 94.5 Å². The zero-order valence-corrected chi connectivity index (χ0v) is 16.5. The molecule has 0 radical (unpaired) electrons. The SMILES string of the molecule is Cc1noc(C)c1C(=O)N1CCCC(OCCc2noc(CC(C)C)n2)C1. The van der Waals surface area contributed by atoms with Gasteiger partial charge in [-0.3, -0.25) is 4.79 Å². The first-order valence-electron chi connectivity index (χ1n) is 9.59. The first-order chi connectivity index (χ1) is 12.9. The van der Waals surface area contributed by atoms with Crippen molar-refractivity contribution in [3.8, 4) is 0 Å². The lowest BCUT2D eigenvalue weighted by Crippen LogP contribution is -2.43. The Morgan fingerprint density at radius 3 is 2.81 bits per heavy atom. The van der Waals surface area contributed by atoms with Crippen LogP contribution in [0.25, 0.3) is 0 Å².